The van der Waals surface area contributed by atoms with Crippen molar-refractivity contribution in [3.8, 4) is 0 Å². The number of imidazole rings is 1. The zero-order chi connectivity index (χ0) is 22.1. The van der Waals surface area contributed by atoms with Crippen LogP contribution in [0.25, 0.3) is 11.0 Å². The van der Waals surface area contributed by atoms with Gasteiger partial charge in [0.25, 0.3) is 11.5 Å². The quantitative estimate of drug-likeness (QED) is 0.540. The molecule has 3 heterocycles. The van der Waals surface area contributed by atoms with Crippen molar-refractivity contribution in [3.05, 3.63) is 81.5 Å². The largest absolute Gasteiger partial charge is 0.331 e. The van der Waals surface area contributed by atoms with Crippen LogP contribution >= 0.6 is 0 Å². The predicted molar refractivity (Wildman–Crippen MR) is 119 cm³/mol. The molecule has 31 heavy (non-hydrogen) atoms. The fourth-order valence-corrected chi connectivity index (χ4v) is 3.58. The van der Waals surface area contributed by atoms with Crippen LogP contribution in [-0.4, -0.2) is 30.0 Å². The predicted octanol–water partition coefficient (Wildman–Crippen LogP) is 3.00. The van der Waals surface area contributed by atoms with Crippen LogP contribution in [0, 0.1) is 13.8 Å². The molecule has 4 aromatic rings. The molecule has 0 unspecified atom stereocenters. The van der Waals surface area contributed by atoms with Crippen LogP contribution in [0.2, 0.25) is 0 Å². The Kier molecular flexibility index (Phi) is 5.37. The van der Waals surface area contributed by atoms with Crippen molar-refractivity contribution < 1.29 is 4.79 Å². The van der Waals surface area contributed by atoms with Crippen molar-refractivity contribution >= 4 is 22.6 Å². The highest BCUT2D eigenvalue weighted by Gasteiger charge is 2.17. The van der Waals surface area contributed by atoms with E-state index in [9.17, 15) is 9.59 Å². The summed E-state index contributed by atoms with van der Waals surface area (Å²) in [4.78, 5) is 39.1. The normalized spacial score (nSPS) is 11.1. The van der Waals surface area contributed by atoms with Gasteiger partial charge in [-0.05, 0) is 43.7 Å². The maximum Gasteiger partial charge on any atom is 0.264 e. The van der Waals surface area contributed by atoms with Gasteiger partial charge >= 0.3 is 0 Å². The van der Waals surface area contributed by atoms with Gasteiger partial charge in [0, 0.05) is 31.5 Å². The fourth-order valence-electron chi connectivity index (χ4n) is 3.58. The van der Waals surface area contributed by atoms with Crippen LogP contribution in [0.1, 0.15) is 40.1 Å². The van der Waals surface area contributed by atoms with Gasteiger partial charge in [-0.25, -0.2) is 4.98 Å². The Bertz CT molecular complexity index is 1330. The molecular weight excluding hydrogens is 392 g/mol. The van der Waals surface area contributed by atoms with E-state index in [0.29, 0.717) is 16.9 Å². The van der Waals surface area contributed by atoms with Crippen LogP contribution in [0.15, 0.2) is 47.7 Å². The second kappa shape index (κ2) is 8.14. The van der Waals surface area contributed by atoms with E-state index >= 15 is 0 Å². The second-order valence-electron chi connectivity index (χ2n) is 7.55. The lowest BCUT2D eigenvalue weighted by Gasteiger charge is -2.11. The molecule has 1 N–H and O–H groups in total. The number of aromatic nitrogens is 5. The number of nitrogens with one attached hydrogen (secondary N) is 1. The summed E-state index contributed by atoms with van der Waals surface area (Å²) in [6.07, 6.45) is 5.77. The minimum absolute atomic E-state index is 0.109. The van der Waals surface area contributed by atoms with Crippen LogP contribution in [-0.2, 0) is 20.0 Å². The number of benzene rings is 1. The second-order valence-corrected chi connectivity index (χ2v) is 7.55. The molecule has 8 heteroatoms. The van der Waals surface area contributed by atoms with E-state index in [-0.39, 0.29) is 17.7 Å². The first-order valence-corrected chi connectivity index (χ1v) is 10.1. The number of carbonyl (C=O) groups excluding carboxylic acids is 1. The highest BCUT2D eigenvalue weighted by Crippen LogP contribution is 2.20. The first-order valence-electron chi connectivity index (χ1n) is 10.1. The summed E-state index contributed by atoms with van der Waals surface area (Å²) in [5.41, 5.74) is 4.19. The lowest BCUT2D eigenvalue weighted by molar-refractivity contribution is 0.102. The number of hydrogen-bond donors (Lipinski definition) is 1. The minimum atomic E-state index is -0.446. The number of nitrogens with zero attached hydrogens (tertiary/aromatic N) is 5. The number of anilines is 1. The van der Waals surface area contributed by atoms with Gasteiger partial charge in [0.15, 0.2) is 0 Å². The third-order valence-corrected chi connectivity index (χ3v) is 5.31. The standard InChI is InChI=1S/C23H24N6O2/c1-5-20-27-18-10-16(6-7-19(18)28(20)4)26-22(30)21-14(2)8-9-29(23(21)31)13-17-12-24-15(3)11-25-17/h6-12H,5,13H2,1-4H3,(H,26,30). The van der Waals surface area contributed by atoms with E-state index in [0.717, 1.165) is 29.0 Å². The summed E-state index contributed by atoms with van der Waals surface area (Å²) in [5.74, 6) is 0.525. The van der Waals surface area contributed by atoms with Crippen molar-refractivity contribution in [1.82, 2.24) is 24.1 Å². The summed E-state index contributed by atoms with van der Waals surface area (Å²) in [6, 6.07) is 7.32. The molecule has 1 aromatic carbocycles. The van der Waals surface area contributed by atoms with E-state index in [2.05, 4.69) is 27.2 Å². The maximum absolute atomic E-state index is 13.0. The monoisotopic (exact) mass is 416 g/mol. The molecule has 0 saturated carbocycles. The molecule has 0 bridgehead atoms. The van der Waals surface area contributed by atoms with Gasteiger partial charge in [-0.1, -0.05) is 6.92 Å². The Morgan fingerprint density at radius 1 is 1.13 bits per heavy atom. The number of aryl methyl sites for hydroxylation is 4. The number of rotatable bonds is 5. The van der Waals surface area contributed by atoms with Gasteiger partial charge in [-0.15, -0.1) is 0 Å². The molecular formula is C23H24N6O2. The smallest absolute Gasteiger partial charge is 0.264 e. The Hall–Kier alpha value is -3.81. The van der Waals surface area contributed by atoms with Crippen LogP contribution in [0.3, 0.4) is 0 Å². The number of carbonyl (C=O) groups is 1. The van der Waals surface area contributed by atoms with Crippen molar-refractivity contribution in [3.63, 3.8) is 0 Å². The molecule has 0 saturated heterocycles. The van der Waals surface area contributed by atoms with E-state index in [4.69, 9.17) is 0 Å². The number of hydrogen-bond acceptors (Lipinski definition) is 5. The molecule has 0 fully saturated rings. The van der Waals surface area contributed by atoms with Crippen LogP contribution < -0.4 is 10.9 Å². The molecule has 158 valence electrons. The van der Waals surface area contributed by atoms with Gasteiger partial charge in [-0.2, -0.15) is 0 Å². The number of amides is 1. The van der Waals surface area contributed by atoms with Gasteiger partial charge in [0.1, 0.15) is 11.4 Å². The SMILES string of the molecule is CCc1nc2cc(NC(=O)c3c(C)ccn(Cc4cnc(C)cn4)c3=O)ccc2n1C. The zero-order valence-corrected chi connectivity index (χ0v) is 18.0. The molecule has 4 rings (SSSR count). The minimum Gasteiger partial charge on any atom is -0.331 e. The lowest BCUT2D eigenvalue weighted by Crippen LogP contribution is -2.30. The summed E-state index contributed by atoms with van der Waals surface area (Å²) < 4.78 is 3.51. The summed E-state index contributed by atoms with van der Waals surface area (Å²) in [7, 11) is 1.97. The zero-order valence-electron chi connectivity index (χ0n) is 18.0. The van der Waals surface area contributed by atoms with Gasteiger partial charge in [0.05, 0.1) is 35.2 Å². The highest BCUT2D eigenvalue weighted by molar-refractivity contribution is 6.05. The van der Waals surface area contributed by atoms with Crippen molar-refractivity contribution in [2.75, 3.05) is 5.32 Å². The average molecular weight is 416 g/mol. The van der Waals surface area contributed by atoms with E-state index < -0.39 is 5.91 Å². The van der Waals surface area contributed by atoms with Crippen LogP contribution in [0.4, 0.5) is 5.69 Å². The lowest BCUT2D eigenvalue weighted by atomic mass is 10.1. The molecule has 0 radical (unpaired) electrons. The first-order chi connectivity index (χ1) is 14.9. The van der Waals surface area contributed by atoms with Crippen LogP contribution in [0.5, 0.6) is 0 Å². The molecule has 0 aliphatic carbocycles. The first kappa shape index (κ1) is 20.5. The molecule has 0 atom stereocenters. The Morgan fingerprint density at radius 3 is 2.65 bits per heavy atom. The molecule has 0 aliphatic rings. The fraction of sp³-hybridized carbons (Fsp3) is 0.261. The highest BCUT2D eigenvalue weighted by atomic mass is 16.2. The summed E-state index contributed by atoms with van der Waals surface area (Å²) in [6.45, 7) is 5.89. The van der Waals surface area contributed by atoms with Crippen molar-refractivity contribution in [2.45, 2.75) is 33.7 Å². The number of pyridine rings is 1. The van der Waals surface area contributed by atoms with Crippen molar-refractivity contribution in [2.24, 2.45) is 7.05 Å². The topological polar surface area (TPSA) is 94.7 Å². The Morgan fingerprint density at radius 2 is 1.94 bits per heavy atom. The van der Waals surface area contributed by atoms with Gasteiger partial charge in [-0.3, -0.25) is 19.6 Å². The van der Waals surface area contributed by atoms with Crippen molar-refractivity contribution in [1.29, 1.82) is 0 Å². The number of fused-ring (bicyclic) bond motifs is 1. The van der Waals surface area contributed by atoms with Gasteiger partial charge < -0.3 is 14.5 Å². The van der Waals surface area contributed by atoms with E-state index in [1.807, 2.05) is 36.7 Å². The summed E-state index contributed by atoms with van der Waals surface area (Å²) in [5, 5.41) is 2.85. The maximum atomic E-state index is 13.0. The molecule has 0 aliphatic heterocycles. The average Bonchev–Trinajstić information content (AvgIpc) is 3.07. The summed E-state index contributed by atoms with van der Waals surface area (Å²) >= 11 is 0. The third kappa shape index (κ3) is 3.96. The molecule has 8 nitrogen and oxygen atoms in total. The molecule has 3 aromatic heterocycles. The Labute approximate surface area is 179 Å². The van der Waals surface area contributed by atoms with E-state index in [1.54, 1.807) is 31.6 Å². The Balaban J connectivity index is 1.63. The molecule has 0 spiro atoms. The van der Waals surface area contributed by atoms with Gasteiger partial charge in [0.2, 0.25) is 0 Å². The van der Waals surface area contributed by atoms with E-state index in [1.165, 1.54) is 4.57 Å². The molecule has 1 amide bonds. The third-order valence-electron chi connectivity index (χ3n) is 5.31.